The summed E-state index contributed by atoms with van der Waals surface area (Å²) in [7, 11) is -1.49. The zero-order valence-electron chi connectivity index (χ0n) is 14.5. The molecule has 24 heavy (non-hydrogen) atoms. The number of sulfonamides is 1. The van der Waals surface area contributed by atoms with Crippen molar-refractivity contribution in [3.05, 3.63) is 24.3 Å². The van der Waals surface area contributed by atoms with E-state index in [2.05, 4.69) is 10.2 Å². The predicted octanol–water partition coefficient (Wildman–Crippen LogP) is 1.50. The molecule has 1 aliphatic heterocycles. The Morgan fingerprint density at radius 2 is 1.62 bits per heavy atom. The summed E-state index contributed by atoms with van der Waals surface area (Å²) in [6, 6.07) is 6.17. The van der Waals surface area contributed by atoms with Crippen LogP contribution in [0.5, 0.6) is 0 Å². The van der Waals surface area contributed by atoms with Gasteiger partial charge in [0.05, 0.1) is 4.90 Å². The molecule has 0 saturated carbocycles. The largest absolute Gasteiger partial charge is 0.325 e. The molecule has 1 N–H and O–H groups in total. The molecule has 0 aliphatic carbocycles. The number of benzene rings is 1. The number of hydrogen-bond donors (Lipinski definition) is 1. The van der Waals surface area contributed by atoms with Gasteiger partial charge in [-0.2, -0.15) is 4.31 Å². The average molecular weight is 354 g/mol. The van der Waals surface area contributed by atoms with Crippen LogP contribution in [0.25, 0.3) is 0 Å². The molecule has 0 bridgehead atoms. The number of rotatable bonds is 5. The molecule has 1 aromatic carbocycles. The first-order valence-corrected chi connectivity index (χ1v) is 9.67. The van der Waals surface area contributed by atoms with Crippen molar-refractivity contribution in [3.63, 3.8) is 0 Å². The summed E-state index contributed by atoms with van der Waals surface area (Å²) in [5.41, 5.74) is 0.587. The molecule has 0 spiro atoms. The fourth-order valence-corrected chi connectivity index (χ4v) is 4.02. The second-order valence-corrected chi connectivity index (χ2v) is 7.77. The first-order chi connectivity index (χ1) is 11.4. The molecule has 2 rings (SSSR count). The molecule has 0 aromatic heterocycles. The van der Waals surface area contributed by atoms with Crippen molar-refractivity contribution in [2.45, 2.75) is 18.7 Å². The van der Waals surface area contributed by atoms with Gasteiger partial charge in [0.25, 0.3) is 0 Å². The smallest absolute Gasteiger partial charge is 0.321 e. The Morgan fingerprint density at radius 3 is 2.12 bits per heavy atom. The van der Waals surface area contributed by atoms with Crippen LogP contribution in [0.4, 0.5) is 10.5 Å². The van der Waals surface area contributed by atoms with Gasteiger partial charge in [-0.3, -0.25) is 0 Å². The lowest BCUT2D eigenvalue weighted by Crippen LogP contribution is -2.46. The number of nitrogens with one attached hydrogen (secondary N) is 1. The number of piperazine rings is 1. The van der Waals surface area contributed by atoms with Crippen LogP contribution in [-0.2, 0) is 10.0 Å². The highest BCUT2D eigenvalue weighted by Crippen LogP contribution is 2.19. The molecular formula is C16H26N4O3S. The Morgan fingerprint density at radius 1 is 1.08 bits per heavy atom. The minimum absolute atomic E-state index is 0.185. The van der Waals surface area contributed by atoms with Gasteiger partial charge in [-0.15, -0.1) is 0 Å². The molecule has 1 heterocycles. The highest BCUT2D eigenvalue weighted by Gasteiger charge is 2.27. The topological polar surface area (TPSA) is 73.0 Å². The van der Waals surface area contributed by atoms with Crippen molar-refractivity contribution in [1.82, 2.24) is 14.1 Å². The van der Waals surface area contributed by atoms with Crippen molar-refractivity contribution in [1.29, 1.82) is 0 Å². The molecule has 7 nitrogen and oxygen atoms in total. The minimum Gasteiger partial charge on any atom is -0.325 e. The van der Waals surface area contributed by atoms with Crippen LogP contribution >= 0.6 is 0 Å². The van der Waals surface area contributed by atoms with Gasteiger partial charge in [-0.25, -0.2) is 13.2 Å². The number of anilines is 1. The summed E-state index contributed by atoms with van der Waals surface area (Å²) < 4.78 is 26.8. The van der Waals surface area contributed by atoms with Crippen molar-refractivity contribution >= 4 is 21.7 Å². The van der Waals surface area contributed by atoms with E-state index in [4.69, 9.17) is 0 Å². The number of amides is 2. The molecule has 134 valence electrons. The van der Waals surface area contributed by atoms with Gasteiger partial charge in [0.15, 0.2) is 0 Å². The van der Waals surface area contributed by atoms with E-state index < -0.39 is 10.0 Å². The second kappa shape index (κ2) is 7.96. The molecule has 0 radical (unpaired) electrons. The zero-order chi connectivity index (χ0) is 17.7. The maximum absolute atomic E-state index is 12.6. The lowest BCUT2D eigenvalue weighted by molar-refractivity contribution is 0.217. The van der Waals surface area contributed by atoms with Crippen LogP contribution in [0.2, 0.25) is 0 Å². The number of nitrogens with zero attached hydrogens (tertiary/aromatic N) is 3. The predicted molar refractivity (Wildman–Crippen MR) is 94.6 cm³/mol. The van der Waals surface area contributed by atoms with Crippen LogP contribution in [-0.4, -0.2) is 74.9 Å². The Balaban J connectivity index is 2.07. The third-order valence-electron chi connectivity index (χ3n) is 4.26. The molecular weight excluding hydrogens is 328 g/mol. The first kappa shape index (κ1) is 18.7. The normalized spacial score (nSPS) is 16.8. The number of carbonyl (C=O) groups excluding carboxylic acids is 1. The van der Waals surface area contributed by atoms with Crippen molar-refractivity contribution in [2.24, 2.45) is 0 Å². The van der Waals surface area contributed by atoms with Gasteiger partial charge in [0, 0.05) is 45.0 Å². The monoisotopic (exact) mass is 354 g/mol. The molecule has 1 saturated heterocycles. The lowest BCUT2D eigenvalue weighted by Gasteiger charge is -2.31. The highest BCUT2D eigenvalue weighted by atomic mass is 32.2. The number of urea groups is 1. The fraction of sp³-hybridized carbons (Fsp3) is 0.562. The fourth-order valence-electron chi connectivity index (χ4n) is 2.60. The Bertz CT molecular complexity index is 648. The van der Waals surface area contributed by atoms with E-state index in [1.807, 2.05) is 20.9 Å². The average Bonchev–Trinajstić information content (AvgIpc) is 2.57. The van der Waals surface area contributed by atoms with E-state index in [0.717, 1.165) is 13.1 Å². The van der Waals surface area contributed by atoms with Crippen LogP contribution in [0.15, 0.2) is 29.2 Å². The van der Waals surface area contributed by atoms with Gasteiger partial charge in [-0.05, 0) is 45.2 Å². The van der Waals surface area contributed by atoms with E-state index in [1.165, 1.54) is 4.31 Å². The van der Waals surface area contributed by atoms with Crippen LogP contribution in [0.3, 0.4) is 0 Å². The number of likely N-dealkylation sites (N-methyl/N-ethyl adjacent to an activating group) is 1. The highest BCUT2D eigenvalue weighted by molar-refractivity contribution is 7.89. The van der Waals surface area contributed by atoms with E-state index in [9.17, 15) is 13.2 Å². The molecule has 0 atom stereocenters. The van der Waals surface area contributed by atoms with Crippen molar-refractivity contribution < 1.29 is 13.2 Å². The zero-order valence-corrected chi connectivity index (χ0v) is 15.3. The van der Waals surface area contributed by atoms with Crippen LogP contribution in [0, 0.1) is 0 Å². The summed E-state index contributed by atoms with van der Waals surface area (Å²) in [6.07, 6.45) is 0. The summed E-state index contributed by atoms with van der Waals surface area (Å²) >= 11 is 0. The quantitative estimate of drug-likeness (QED) is 0.870. The Labute approximate surface area is 144 Å². The molecule has 1 aliphatic rings. The number of carbonyl (C=O) groups is 1. The molecule has 1 fully saturated rings. The molecule has 1 aromatic rings. The molecule has 0 unspecified atom stereocenters. The van der Waals surface area contributed by atoms with Crippen molar-refractivity contribution in [3.8, 4) is 0 Å². The van der Waals surface area contributed by atoms with Crippen LogP contribution in [0.1, 0.15) is 13.8 Å². The van der Waals surface area contributed by atoms with E-state index in [1.54, 1.807) is 29.2 Å². The third kappa shape index (κ3) is 4.25. The Hall–Kier alpha value is -1.64. The first-order valence-electron chi connectivity index (χ1n) is 8.23. The summed E-state index contributed by atoms with van der Waals surface area (Å²) in [4.78, 5) is 16.0. The summed E-state index contributed by atoms with van der Waals surface area (Å²) in [6.45, 7) is 7.53. The van der Waals surface area contributed by atoms with E-state index in [0.29, 0.717) is 31.9 Å². The van der Waals surface area contributed by atoms with Gasteiger partial charge in [0.2, 0.25) is 10.0 Å². The van der Waals surface area contributed by atoms with Crippen LogP contribution < -0.4 is 5.32 Å². The minimum atomic E-state index is -3.47. The number of hydrogen-bond acceptors (Lipinski definition) is 4. The lowest BCUT2D eigenvalue weighted by atomic mass is 10.3. The van der Waals surface area contributed by atoms with Gasteiger partial charge in [0.1, 0.15) is 0 Å². The summed E-state index contributed by atoms with van der Waals surface area (Å²) in [5, 5.41) is 2.78. The van der Waals surface area contributed by atoms with Gasteiger partial charge < -0.3 is 15.1 Å². The van der Waals surface area contributed by atoms with Crippen molar-refractivity contribution in [2.75, 3.05) is 51.6 Å². The SMILES string of the molecule is CCN(CC)C(=O)Nc1ccc(S(=O)(=O)N2CCN(C)CC2)cc1. The standard InChI is InChI=1S/C16H26N4O3S/c1-4-19(5-2)16(21)17-14-6-8-15(9-7-14)24(22,23)20-12-10-18(3)11-13-20/h6-9H,4-5,10-13H2,1-3H3,(H,17,21). The third-order valence-corrected chi connectivity index (χ3v) is 6.17. The van der Waals surface area contributed by atoms with E-state index in [-0.39, 0.29) is 10.9 Å². The van der Waals surface area contributed by atoms with Gasteiger partial charge in [-0.1, -0.05) is 0 Å². The molecule has 2 amide bonds. The second-order valence-electron chi connectivity index (χ2n) is 5.83. The summed E-state index contributed by atoms with van der Waals surface area (Å²) in [5.74, 6) is 0. The molecule has 8 heteroatoms. The maximum Gasteiger partial charge on any atom is 0.321 e. The van der Waals surface area contributed by atoms with E-state index >= 15 is 0 Å². The van der Waals surface area contributed by atoms with Gasteiger partial charge >= 0.3 is 6.03 Å². The Kier molecular flexibility index (Phi) is 6.20. The maximum atomic E-state index is 12.6.